The number of nitrogens with one attached hydrogen (secondary N) is 1. The lowest BCUT2D eigenvalue weighted by Gasteiger charge is -2.11. The van der Waals surface area contributed by atoms with Gasteiger partial charge in [-0.05, 0) is 36.4 Å². The Morgan fingerprint density at radius 2 is 1.88 bits per heavy atom. The lowest BCUT2D eigenvalue weighted by molar-refractivity contribution is -0.118. The second-order valence-corrected chi connectivity index (χ2v) is 5.14. The topological polar surface area (TPSA) is 77.8 Å². The summed E-state index contributed by atoms with van der Waals surface area (Å²) in [6.45, 7) is -0.295. The van der Waals surface area contributed by atoms with Crippen molar-refractivity contribution in [2.75, 3.05) is 19.0 Å². The molecule has 1 N–H and O–H groups in total. The fraction of sp³-hybridized carbons (Fsp3) is 0.111. The zero-order valence-corrected chi connectivity index (χ0v) is 13.2. The van der Waals surface area contributed by atoms with Gasteiger partial charge in [-0.15, -0.1) is 0 Å². The molecule has 25 heavy (non-hydrogen) atoms. The minimum absolute atomic E-state index is 0.263. The summed E-state index contributed by atoms with van der Waals surface area (Å²) in [6.07, 6.45) is 0. The van der Waals surface area contributed by atoms with Crippen LogP contribution in [0.25, 0.3) is 11.0 Å². The van der Waals surface area contributed by atoms with Crippen LogP contribution in [0.15, 0.2) is 57.7 Å². The van der Waals surface area contributed by atoms with Crippen LogP contribution in [0.2, 0.25) is 0 Å². The van der Waals surface area contributed by atoms with Gasteiger partial charge in [0.15, 0.2) is 18.1 Å². The van der Waals surface area contributed by atoms with Crippen molar-refractivity contribution in [2.24, 2.45) is 0 Å². The number of carbonyl (C=O) groups excluding carboxylic acids is 1. The molecule has 0 saturated heterocycles. The zero-order valence-electron chi connectivity index (χ0n) is 13.2. The molecule has 0 aliphatic carbocycles. The molecule has 1 heterocycles. The number of ether oxygens (including phenoxy) is 2. The summed E-state index contributed by atoms with van der Waals surface area (Å²) < 4.78 is 28.6. The average Bonchev–Trinajstić information content (AvgIpc) is 2.61. The number of amides is 1. The summed E-state index contributed by atoms with van der Waals surface area (Å²) in [5.74, 6) is -0.158. The maximum absolute atomic E-state index is 12.9. The maximum Gasteiger partial charge on any atom is 0.336 e. The SMILES string of the molecule is COc1cc2ccc(=O)oc2cc1OCC(=O)Nc1ccc(F)cc1. The van der Waals surface area contributed by atoms with E-state index in [0.717, 1.165) is 0 Å². The zero-order chi connectivity index (χ0) is 17.8. The first-order chi connectivity index (χ1) is 12.0. The highest BCUT2D eigenvalue weighted by atomic mass is 19.1. The molecule has 0 aliphatic heterocycles. The van der Waals surface area contributed by atoms with Crippen LogP contribution in [-0.4, -0.2) is 19.6 Å². The van der Waals surface area contributed by atoms with E-state index >= 15 is 0 Å². The molecule has 1 aromatic heterocycles. The molecule has 0 bridgehead atoms. The average molecular weight is 343 g/mol. The molecule has 0 unspecified atom stereocenters. The molecular formula is C18H14FNO5. The van der Waals surface area contributed by atoms with Crippen molar-refractivity contribution in [3.63, 3.8) is 0 Å². The molecule has 0 atom stereocenters. The highest BCUT2D eigenvalue weighted by molar-refractivity contribution is 5.92. The van der Waals surface area contributed by atoms with E-state index in [0.29, 0.717) is 22.4 Å². The van der Waals surface area contributed by atoms with Crippen LogP contribution in [0.3, 0.4) is 0 Å². The smallest absolute Gasteiger partial charge is 0.336 e. The normalized spacial score (nSPS) is 10.5. The molecule has 3 aromatic rings. The van der Waals surface area contributed by atoms with Gasteiger partial charge in [-0.3, -0.25) is 4.79 Å². The van der Waals surface area contributed by atoms with Gasteiger partial charge in [0.25, 0.3) is 5.91 Å². The molecule has 0 fully saturated rings. The molecule has 6 nitrogen and oxygen atoms in total. The second kappa shape index (κ2) is 7.04. The molecule has 0 spiro atoms. The van der Waals surface area contributed by atoms with Crippen LogP contribution in [0.1, 0.15) is 0 Å². The Labute approximate surface area is 141 Å². The highest BCUT2D eigenvalue weighted by Gasteiger charge is 2.11. The minimum atomic E-state index is -0.488. The van der Waals surface area contributed by atoms with Gasteiger partial charge in [0, 0.05) is 23.2 Å². The van der Waals surface area contributed by atoms with E-state index in [9.17, 15) is 14.0 Å². The Hall–Kier alpha value is -3.35. The van der Waals surface area contributed by atoms with Crippen molar-refractivity contribution in [3.05, 3.63) is 64.8 Å². The number of carbonyl (C=O) groups is 1. The molecule has 128 valence electrons. The van der Waals surface area contributed by atoms with Crippen LogP contribution in [0, 0.1) is 5.82 Å². The summed E-state index contributed by atoms with van der Waals surface area (Å²) in [5, 5.41) is 3.24. The van der Waals surface area contributed by atoms with Crippen LogP contribution in [0.5, 0.6) is 11.5 Å². The molecular weight excluding hydrogens is 329 g/mol. The molecule has 3 rings (SSSR count). The van der Waals surface area contributed by atoms with E-state index in [1.54, 1.807) is 12.1 Å². The number of hydrogen-bond acceptors (Lipinski definition) is 5. The van der Waals surface area contributed by atoms with Gasteiger partial charge in [-0.25, -0.2) is 9.18 Å². The van der Waals surface area contributed by atoms with E-state index in [1.165, 1.54) is 43.5 Å². The molecule has 1 amide bonds. The Balaban J connectivity index is 1.74. The minimum Gasteiger partial charge on any atom is -0.493 e. The summed E-state index contributed by atoms with van der Waals surface area (Å²) in [5.41, 5.74) is 0.284. The number of rotatable bonds is 5. The van der Waals surface area contributed by atoms with Crippen molar-refractivity contribution in [1.29, 1.82) is 0 Å². The summed E-state index contributed by atoms with van der Waals surface area (Å²) >= 11 is 0. The van der Waals surface area contributed by atoms with Crippen molar-refractivity contribution in [3.8, 4) is 11.5 Å². The standard InChI is InChI=1S/C18H14FNO5/c1-23-15-8-11-2-7-18(22)25-14(11)9-16(15)24-10-17(21)20-13-5-3-12(19)4-6-13/h2-9H,10H2,1H3,(H,20,21). The van der Waals surface area contributed by atoms with Crippen molar-refractivity contribution in [1.82, 2.24) is 0 Å². The van der Waals surface area contributed by atoms with E-state index < -0.39 is 17.3 Å². The predicted molar refractivity (Wildman–Crippen MR) is 89.6 cm³/mol. The molecule has 2 aromatic carbocycles. The number of methoxy groups -OCH3 is 1. The third kappa shape index (κ3) is 3.95. The van der Waals surface area contributed by atoms with Crippen molar-refractivity contribution in [2.45, 2.75) is 0 Å². The van der Waals surface area contributed by atoms with Crippen LogP contribution in [0.4, 0.5) is 10.1 Å². The van der Waals surface area contributed by atoms with Crippen molar-refractivity contribution < 1.29 is 23.1 Å². The lowest BCUT2D eigenvalue weighted by Crippen LogP contribution is -2.20. The van der Waals surface area contributed by atoms with Crippen LogP contribution < -0.4 is 20.4 Å². The Morgan fingerprint density at radius 3 is 2.60 bits per heavy atom. The van der Waals surface area contributed by atoms with Crippen molar-refractivity contribution >= 4 is 22.6 Å². The third-order valence-corrected chi connectivity index (χ3v) is 3.39. The summed E-state index contributed by atoms with van der Waals surface area (Å²) in [6, 6.07) is 11.4. The van der Waals surface area contributed by atoms with Gasteiger partial charge in [0.05, 0.1) is 7.11 Å². The van der Waals surface area contributed by atoms with Gasteiger partial charge >= 0.3 is 5.63 Å². The number of fused-ring (bicyclic) bond motifs is 1. The fourth-order valence-electron chi connectivity index (χ4n) is 2.22. The van der Waals surface area contributed by atoms with Gasteiger partial charge in [-0.2, -0.15) is 0 Å². The van der Waals surface area contributed by atoms with Gasteiger partial charge in [0.2, 0.25) is 0 Å². The molecule has 0 aliphatic rings. The Bertz CT molecular complexity index is 965. The third-order valence-electron chi connectivity index (χ3n) is 3.39. The summed E-state index contributed by atoms with van der Waals surface area (Å²) in [7, 11) is 1.46. The van der Waals surface area contributed by atoms with Crippen LogP contribution in [-0.2, 0) is 4.79 Å². The van der Waals surface area contributed by atoms with Gasteiger partial charge in [0.1, 0.15) is 11.4 Å². The lowest BCUT2D eigenvalue weighted by atomic mass is 10.2. The van der Waals surface area contributed by atoms with Gasteiger partial charge < -0.3 is 19.2 Å². The first-order valence-electron chi connectivity index (χ1n) is 7.35. The first kappa shape index (κ1) is 16.5. The van der Waals surface area contributed by atoms with E-state index in [-0.39, 0.29) is 12.4 Å². The monoisotopic (exact) mass is 343 g/mol. The molecule has 0 saturated carbocycles. The number of anilines is 1. The molecule has 0 radical (unpaired) electrons. The predicted octanol–water partition coefficient (Wildman–Crippen LogP) is 2.96. The number of halogens is 1. The maximum atomic E-state index is 12.9. The first-order valence-corrected chi connectivity index (χ1v) is 7.35. The fourth-order valence-corrected chi connectivity index (χ4v) is 2.22. The Kier molecular flexibility index (Phi) is 4.65. The second-order valence-electron chi connectivity index (χ2n) is 5.14. The highest BCUT2D eigenvalue weighted by Crippen LogP contribution is 2.31. The van der Waals surface area contributed by atoms with E-state index in [2.05, 4.69) is 5.32 Å². The van der Waals surface area contributed by atoms with Crippen LogP contribution >= 0.6 is 0 Å². The Morgan fingerprint density at radius 1 is 1.12 bits per heavy atom. The largest absolute Gasteiger partial charge is 0.493 e. The summed E-state index contributed by atoms with van der Waals surface area (Å²) in [4.78, 5) is 23.3. The van der Waals surface area contributed by atoms with E-state index in [1.807, 2.05) is 0 Å². The van der Waals surface area contributed by atoms with Gasteiger partial charge in [-0.1, -0.05) is 0 Å². The molecule has 7 heteroatoms. The quantitative estimate of drug-likeness (QED) is 0.721. The number of hydrogen-bond donors (Lipinski definition) is 1. The number of benzene rings is 2. The van der Waals surface area contributed by atoms with E-state index in [4.69, 9.17) is 13.9 Å².